The lowest BCUT2D eigenvalue weighted by Gasteiger charge is -2.17. The summed E-state index contributed by atoms with van der Waals surface area (Å²) in [5.41, 5.74) is 9.70. The average molecular weight is 606 g/mol. The average Bonchev–Trinajstić information content (AvgIpc) is 3.03. The third-order valence-electron chi connectivity index (χ3n) is 7.84. The zero-order chi connectivity index (χ0) is 34.1. The fraction of sp³-hybridized carbons (Fsp3) is 0.524. The van der Waals surface area contributed by atoms with E-state index in [0.29, 0.717) is 5.92 Å². The maximum absolute atomic E-state index is 13.9. The molecule has 248 valence electrons. The van der Waals surface area contributed by atoms with Crippen LogP contribution in [0.1, 0.15) is 149 Å². The first-order valence-corrected chi connectivity index (χ1v) is 17.2. The zero-order valence-electron chi connectivity index (χ0n) is 30.9. The second kappa shape index (κ2) is 26.5. The molecule has 1 N–H and O–H groups in total. The van der Waals surface area contributed by atoms with Crippen LogP contribution in [0.25, 0.3) is 11.1 Å². The minimum atomic E-state index is -0.0319. The summed E-state index contributed by atoms with van der Waals surface area (Å²) in [6, 6.07) is 10.4. The number of anilines is 1. The normalized spacial score (nSPS) is 11.3. The SMILES string of the molecule is C/C=C(\C)c1ccc(CCC)c(F)c1C.C/C=C\C.C=C(C)c1ccc(NC(=C)C(C)CC)cc1CC.CCCCCCC. The Morgan fingerprint density at radius 2 is 1.39 bits per heavy atom. The first kappa shape index (κ1) is 43.3. The van der Waals surface area contributed by atoms with Crippen molar-refractivity contribution in [3.05, 3.63) is 101 Å². The van der Waals surface area contributed by atoms with E-state index in [1.807, 2.05) is 65.0 Å². The molecule has 2 aromatic rings. The van der Waals surface area contributed by atoms with E-state index in [1.54, 1.807) is 0 Å². The van der Waals surface area contributed by atoms with Gasteiger partial charge in [-0.1, -0.05) is 135 Å². The highest BCUT2D eigenvalue weighted by Crippen LogP contribution is 2.25. The van der Waals surface area contributed by atoms with Crippen LogP contribution in [-0.2, 0) is 12.8 Å². The number of benzene rings is 2. The van der Waals surface area contributed by atoms with Gasteiger partial charge >= 0.3 is 0 Å². The largest absolute Gasteiger partial charge is 0.359 e. The van der Waals surface area contributed by atoms with Crippen LogP contribution in [0, 0.1) is 18.7 Å². The molecule has 0 aliphatic rings. The van der Waals surface area contributed by atoms with E-state index in [-0.39, 0.29) is 5.82 Å². The van der Waals surface area contributed by atoms with Gasteiger partial charge in [0.15, 0.2) is 0 Å². The summed E-state index contributed by atoms with van der Waals surface area (Å²) < 4.78 is 13.9. The molecule has 0 aromatic heterocycles. The molecule has 2 heteroatoms. The molecule has 1 atom stereocenters. The van der Waals surface area contributed by atoms with Crippen molar-refractivity contribution < 1.29 is 4.39 Å². The van der Waals surface area contributed by atoms with Crippen molar-refractivity contribution in [3.63, 3.8) is 0 Å². The molecule has 0 bridgehead atoms. The Morgan fingerprint density at radius 1 is 0.818 bits per heavy atom. The number of allylic oxidation sites excluding steroid dienone is 6. The summed E-state index contributed by atoms with van der Waals surface area (Å²) in [6.07, 6.45) is 17.0. The second-order valence-corrected chi connectivity index (χ2v) is 11.6. The van der Waals surface area contributed by atoms with Crippen molar-refractivity contribution >= 4 is 16.8 Å². The number of rotatable bonds is 13. The van der Waals surface area contributed by atoms with E-state index in [2.05, 4.69) is 85.1 Å². The first-order valence-electron chi connectivity index (χ1n) is 17.2. The van der Waals surface area contributed by atoms with E-state index in [1.165, 1.54) is 43.2 Å². The maximum Gasteiger partial charge on any atom is 0.129 e. The van der Waals surface area contributed by atoms with Crippen molar-refractivity contribution in [1.29, 1.82) is 0 Å². The van der Waals surface area contributed by atoms with Gasteiger partial charge in [0.2, 0.25) is 0 Å². The van der Waals surface area contributed by atoms with Gasteiger partial charge < -0.3 is 5.32 Å². The number of hydrogen-bond acceptors (Lipinski definition) is 1. The van der Waals surface area contributed by atoms with Crippen molar-refractivity contribution in [3.8, 4) is 0 Å². The van der Waals surface area contributed by atoms with Crippen LogP contribution < -0.4 is 5.32 Å². The molecule has 0 radical (unpaired) electrons. The van der Waals surface area contributed by atoms with Crippen LogP contribution in [0.15, 0.2) is 67.4 Å². The van der Waals surface area contributed by atoms with E-state index in [9.17, 15) is 4.39 Å². The Labute approximate surface area is 273 Å². The summed E-state index contributed by atoms with van der Waals surface area (Å²) >= 11 is 0. The lowest BCUT2D eigenvalue weighted by molar-refractivity contribution is 0.598. The van der Waals surface area contributed by atoms with Gasteiger partial charge in [0.25, 0.3) is 0 Å². The lowest BCUT2D eigenvalue weighted by Crippen LogP contribution is -2.07. The highest BCUT2D eigenvalue weighted by molar-refractivity contribution is 5.68. The summed E-state index contributed by atoms with van der Waals surface area (Å²) in [4.78, 5) is 0. The maximum atomic E-state index is 13.9. The Morgan fingerprint density at radius 3 is 1.82 bits per heavy atom. The number of halogens is 1. The van der Waals surface area contributed by atoms with E-state index >= 15 is 0 Å². The van der Waals surface area contributed by atoms with Gasteiger partial charge in [-0.15, -0.1) is 0 Å². The Kier molecular flexibility index (Phi) is 26.1. The van der Waals surface area contributed by atoms with Crippen LogP contribution in [-0.4, -0.2) is 0 Å². The zero-order valence-corrected chi connectivity index (χ0v) is 30.9. The molecule has 44 heavy (non-hydrogen) atoms. The topological polar surface area (TPSA) is 12.0 Å². The molecule has 2 aromatic carbocycles. The van der Waals surface area contributed by atoms with Gasteiger partial charge in [0.1, 0.15) is 5.82 Å². The number of hydrogen-bond donors (Lipinski definition) is 1. The molecule has 0 fully saturated rings. The molecule has 2 rings (SSSR count). The van der Waals surface area contributed by atoms with Crippen LogP contribution >= 0.6 is 0 Å². The van der Waals surface area contributed by atoms with Crippen LogP contribution in [0.3, 0.4) is 0 Å². The van der Waals surface area contributed by atoms with Crippen molar-refractivity contribution in [2.75, 3.05) is 5.32 Å². The van der Waals surface area contributed by atoms with Gasteiger partial charge in [-0.05, 0) is 112 Å². The van der Waals surface area contributed by atoms with Crippen LogP contribution in [0.4, 0.5) is 10.1 Å². The van der Waals surface area contributed by atoms with Gasteiger partial charge in [-0.3, -0.25) is 0 Å². The number of aryl methyl sites for hydroxylation is 2. The summed E-state index contributed by atoms with van der Waals surface area (Å²) in [5, 5.41) is 3.41. The molecular weight excluding hydrogens is 537 g/mol. The second-order valence-electron chi connectivity index (χ2n) is 11.6. The minimum absolute atomic E-state index is 0.0319. The van der Waals surface area contributed by atoms with E-state index in [4.69, 9.17) is 0 Å². The predicted molar refractivity (Wildman–Crippen MR) is 202 cm³/mol. The molecule has 1 unspecified atom stereocenters. The predicted octanol–water partition coefficient (Wildman–Crippen LogP) is 14.3. The lowest BCUT2D eigenvalue weighted by atomic mass is 9.97. The quantitative estimate of drug-likeness (QED) is 0.177. The molecule has 0 saturated heterocycles. The van der Waals surface area contributed by atoms with Crippen molar-refractivity contribution in [2.45, 2.75) is 141 Å². The van der Waals surface area contributed by atoms with Crippen LogP contribution in [0.2, 0.25) is 0 Å². The number of unbranched alkanes of at least 4 members (excludes halogenated alkanes) is 4. The van der Waals surface area contributed by atoms with E-state index < -0.39 is 0 Å². The molecule has 0 saturated carbocycles. The van der Waals surface area contributed by atoms with Crippen molar-refractivity contribution in [2.24, 2.45) is 5.92 Å². The van der Waals surface area contributed by atoms with Gasteiger partial charge in [0, 0.05) is 11.4 Å². The minimum Gasteiger partial charge on any atom is -0.359 e. The third kappa shape index (κ3) is 17.4. The molecule has 0 heterocycles. The van der Waals surface area contributed by atoms with Crippen molar-refractivity contribution in [1.82, 2.24) is 0 Å². The summed E-state index contributed by atoms with van der Waals surface area (Å²) in [7, 11) is 0. The van der Waals surface area contributed by atoms with Crippen LogP contribution in [0.5, 0.6) is 0 Å². The monoisotopic (exact) mass is 606 g/mol. The highest BCUT2D eigenvalue weighted by Gasteiger charge is 2.10. The molecular formula is C42H68FN. The fourth-order valence-corrected chi connectivity index (χ4v) is 4.40. The smallest absolute Gasteiger partial charge is 0.129 e. The van der Waals surface area contributed by atoms with Gasteiger partial charge in [-0.25, -0.2) is 4.39 Å². The highest BCUT2D eigenvalue weighted by atomic mass is 19.1. The Balaban J connectivity index is 0. The van der Waals surface area contributed by atoms with E-state index in [0.717, 1.165) is 64.9 Å². The number of nitrogens with one attached hydrogen (secondary N) is 1. The summed E-state index contributed by atoms with van der Waals surface area (Å²) in [6.45, 7) is 33.1. The summed E-state index contributed by atoms with van der Waals surface area (Å²) in [5.74, 6) is 0.464. The van der Waals surface area contributed by atoms with Gasteiger partial charge in [0.05, 0.1) is 0 Å². The Hall–Kier alpha value is -2.87. The fourth-order valence-electron chi connectivity index (χ4n) is 4.40. The molecule has 1 nitrogen and oxygen atoms in total. The Bertz CT molecular complexity index is 1130. The van der Waals surface area contributed by atoms with Gasteiger partial charge in [-0.2, -0.15) is 0 Å². The molecule has 0 aliphatic carbocycles. The third-order valence-corrected chi connectivity index (χ3v) is 7.84. The molecule has 0 spiro atoms. The first-order chi connectivity index (χ1) is 20.9. The molecule has 0 amide bonds. The molecule has 0 aliphatic heterocycles. The standard InChI is InChI=1S/C17H25N.C14H19F.C7H16.C4H8/c1-7-13(5)14(6)18-16-9-10-17(12(3)4)15(8-2)11-16;1-5-7-12-8-9-13(10(3)6-2)11(4)14(12)15;1-3-5-7-6-4-2;1-3-4-2/h9-11,13,18H,3,6-8H2,1-2,4-5H3;6,8-9H,5,7H2,1-4H3;3-7H2,1-2H3;3-4H,1-2H3/b;10-6+;;4-3-.